The first-order valence-electron chi connectivity index (χ1n) is 8.93. The van der Waals surface area contributed by atoms with E-state index in [1.54, 1.807) is 0 Å². The van der Waals surface area contributed by atoms with Crippen molar-refractivity contribution in [2.45, 2.75) is 32.2 Å². The molecule has 1 aromatic carbocycles. The minimum atomic E-state index is -0.191. The maximum atomic E-state index is 13.0. The summed E-state index contributed by atoms with van der Waals surface area (Å²) in [5.74, 6) is 0.0402. The van der Waals surface area contributed by atoms with Crippen molar-refractivity contribution < 1.29 is 4.79 Å². The minimum Gasteiger partial charge on any atom is -0.331 e. The standard InChI is InChI=1S/C21H20N4O/c1-13-11-19-20(26)24(3)21(8-9-21)17-7-6-15(12-18(17)25(19)23-13)16-5-4-10-22-14(16)2/h4-7,10-12H,8-9H2,1-3H3. The Morgan fingerprint density at radius 1 is 1.12 bits per heavy atom. The van der Waals surface area contributed by atoms with Crippen LogP contribution in [-0.2, 0) is 5.54 Å². The second-order valence-electron chi connectivity index (χ2n) is 7.35. The maximum absolute atomic E-state index is 13.0. The molecule has 1 amide bonds. The van der Waals surface area contributed by atoms with Crippen LogP contribution < -0.4 is 0 Å². The molecule has 1 saturated carbocycles. The number of carbonyl (C=O) groups is 1. The van der Waals surface area contributed by atoms with E-state index in [2.05, 4.69) is 34.3 Å². The molecule has 3 aromatic rings. The molecule has 0 radical (unpaired) electrons. The van der Waals surface area contributed by atoms with Gasteiger partial charge < -0.3 is 4.90 Å². The fraction of sp³-hybridized carbons (Fsp3) is 0.286. The van der Waals surface area contributed by atoms with Gasteiger partial charge in [-0.15, -0.1) is 0 Å². The molecule has 1 aliphatic heterocycles. The van der Waals surface area contributed by atoms with Gasteiger partial charge in [-0.2, -0.15) is 5.10 Å². The highest BCUT2D eigenvalue weighted by Gasteiger charge is 2.53. The van der Waals surface area contributed by atoms with E-state index < -0.39 is 0 Å². The summed E-state index contributed by atoms with van der Waals surface area (Å²) in [6.45, 7) is 3.95. The molecule has 2 aliphatic rings. The van der Waals surface area contributed by atoms with Crippen molar-refractivity contribution >= 4 is 5.91 Å². The normalized spacial score (nSPS) is 17.0. The maximum Gasteiger partial charge on any atom is 0.273 e. The van der Waals surface area contributed by atoms with Gasteiger partial charge in [0.2, 0.25) is 0 Å². The minimum absolute atomic E-state index is 0.0402. The molecule has 5 heteroatoms. The summed E-state index contributed by atoms with van der Waals surface area (Å²) in [4.78, 5) is 19.4. The largest absolute Gasteiger partial charge is 0.331 e. The van der Waals surface area contributed by atoms with E-state index in [-0.39, 0.29) is 11.4 Å². The number of amides is 1. The molecule has 1 spiro atoms. The highest BCUT2D eigenvalue weighted by molar-refractivity contribution is 5.95. The van der Waals surface area contributed by atoms with Crippen LogP contribution in [0.1, 0.15) is 40.3 Å². The van der Waals surface area contributed by atoms with Gasteiger partial charge in [0.25, 0.3) is 5.91 Å². The van der Waals surface area contributed by atoms with Crippen molar-refractivity contribution in [3.05, 3.63) is 65.2 Å². The SMILES string of the molecule is Cc1cc2n(n1)-c1cc(-c3cccnc3C)ccc1C1(CC1)N(C)C2=O. The fourth-order valence-electron chi connectivity index (χ4n) is 4.16. The Bertz CT molecular complexity index is 1060. The van der Waals surface area contributed by atoms with Gasteiger partial charge in [-0.1, -0.05) is 18.2 Å². The summed E-state index contributed by atoms with van der Waals surface area (Å²) in [5, 5.41) is 4.64. The monoisotopic (exact) mass is 344 g/mol. The predicted molar refractivity (Wildman–Crippen MR) is 99.3 cm³/mol. The van der Waals surface area contributed by atoms with Gasteiger partial charge in [-0.25, -0.2) is 4.68 Å². The molecule has 1 fully saturated rings. The summed E-state index contributed by atoms with van der Waals surface area (Å²) in [6.07, 6.45) is 3.80. The van der Waals surface area contributed by atoms with Gasteiger partial charge >= 0.3 is 0 Å². The highest BCUT2D eigenvalue weighted by atomic mass is 16.2. The third-order valence-electron chi connectivity index (χ3n) is 5.77. The Labute approximate surface area is 152 Å². The summed E-state index contributed by atoms with van der Waals surface area (Å²) in [5.41, 5.74) is 6.67. The van der Waals surface area contributed by atoms with Crippen molar-refractivity contribution in [2.75, 3.05) is 7.05 Å². The Morgan fingerprint density at radius 2 is 1.92 bits per heavy atom. The van der Waals surface area contributed by atoms with Crippen molar-refractivity contribution in [2.24, 2.45) is 0 Å². The lowest BCUT2D eigenvalue weighted by Crippen LogP contribution is -2.36. The quantitative estimate of drug-likeness (QED) is 0.677. The second-order valence-corrected chi connectivity index (χ2v) is 7.35. The van der Waals surface area contributed by atoms with Crippen LogP contribution >= 0.6 is 0 Å². The van der Waals surface area contributed by atoms with Crippen LogP contribution in [0.15, 0.2) is 42.6 Å². The third-order valence-corrected chi connectivity index (χ3v) is 5.77. The number of aromatic nitrogens is 3. The highest BCUT2D eigenvalue weighted by Crippen LogP contribution is 2.54. The van der Waals surface area contributed by atoms with Crippen LogP contribution in [0.5, 0.6) is 0 Å². The lowest BCUT2D eigenvalue weighted by molar-refractivity contribution is 0.0704. The van der Waals surface area contributed by atoms with Crippen molar-refractivity contribution in [1.82, 2.24) is 19.7 Å². The lowest BCUT2D eigenvalue weighted by atomic mass is 9.96. The van der Waals surface area contributed by atoms with Crippen molar-refractivity contribution in [1.29, 1.82) is 0 Å². The molecule has 2 aromatic heterocycles. The van der Waals surface area contributed by atoms with E-state index in [0.29, 0.717) is 5.69 Å². The number of pyridine rings is 1. The van der Waals surface area contributed by atoms with Crippen LogP contribution in [0, 0.1) is 13.8 Å². The molecular formula is C21H20N4O. The van der Waals surface area contributed by atoms with Crippen molar-refractivity contribution in [3.63, 3.8) is 0 Å². The van der Waals surface area contributed by atoms with Crippen LogP contribution in [0.3, 0.4) is 0 Å². The second kappa shape index (κ2) is 5.04. The van der Waals surface area contributed by atoms with Crippen molar-refractivity contribution in [3.8, 4) is 16.8 Å². The number of benzene rings is 1. The Hall–Kier alpha value is -2.95. The van der Waals surface area contributed by atoms with Gasteiger partial charge in [0.15, 0.2) is 0 Å². The van der Waals surface area contributed by atoms with Gasteiger partial charge in [-0.3, -0.25) is 9.78 Å². The number of nitrogens with zero attached hydrogens (tertiary/aromatic N) is 4. The third kappa shape index (κ3) is 1.94. The van der Waals surface area contributed by atoms with Gasteiger partial charge in [-0.05, 0) is 50.5 Å². The van der Waals surface area contributed by atoms with Crippen LogP contribution in [0.4, 0.5) is 0 Å². The van der Waals surface area contributed by atoms with E-state index in [9.17, 15) is 4.79 Å². The molecule has 130 valence electrons. The van der Waals surface area contributed by atoms with Gasteiger partial charge in [0.1, 0.15) is 5.69 Å². The molecule has 0 atom stereocenters. The number of carbonyl (C=O) groups excluding carboxylic acids is 1. The van der Waals surface area contributed by atoms with E-state index in [0.717, 1.165) is 41.0 Å². The zero-order valence-electron chi connectivity index (χ0n) is 15.2. The van der Waals surface area contributed by atoms with E-state index in [4.69, 9.17) is 0 Å². The molecule has 1 aliphatic carbocycles. The molecular weight excluding hydrogens is 324 g/mol. The van der Waals surface area contributed by atoms with Gasteiger partial charge in [0, 0.05) is 30.1 Å². The molecule has 5 rings (SSSR count). The van der Waals surface area contributed by atoms with Crippen LogP contribution in [0.25, 0.3) is 16.8 Å². The number of rotatable bonds is 1. The average molecular weight is 344 g/mol. The summed E-state index contributed by atoms with van der Waals surface area (Å²) >= 11 is 0. The molecule has 0 N–H and O–H groups in total. The number of hydrogen-bond donors (Lipinski definition) is 0. The smallest absolute Gasteiger partial charge is 0.273 e. The molecule has 3 heterocycles. The van der Waals surface area contributed by atoms with Gasteiger partial charge in [0.05, 0.1) is 16.9 Å². The number of hydrogen-bond acceptors (Lipinski definition) is 3. The van der Waals surface area contributed by atoms with E-state index >= 15 is 0 Å². The lowest BCUT2D eigenvalue weighted by Gasteiger charge is -2.27. The zero-order valence-corrected chi connectivity index (χ0v) is 15.2. The van der Waals surface area contributed by atoms with Crippen LogP contribution in [-0.4, -0.2) is 32.6 Å². The Kier molecular flexibility index (Phi) is 2.97. The van der Waals surface area contributed by atoms with Crippen LogP contribution in [0.2, 0.25) is 0 Å². The number of aryl methyl sites for hydroxylation is 2. The summed E-state index contributed by atoms with van der Waals surface area (Å²) in [6, 6.07) is 12.4. The average Bonchev–Trinajstić information content (AvgIpc) is 3.36. The summed E-state index contributed by atoms with van der Waals surface area (Å²) < 4.78 is 1.83. The first-order valence-corrected chi connectivity index (χ1v) is 8.93. The molecule has 0 saturated heterocycles. The fourth-order valence-corrected chi connectivity index (χ4v) is 4.16. The summed E-state index contributed by atoms with van der Waals surface area (Å²) in [7, 11) is 1.91. The first kappa shape index (κ1) is 15.3. The Balaban J connectivity index is 1.80. The van der Waals surface area contributed by atoms with E-state index in [1.165, 1.54) is 5.56 Å². The molecule has 0 unspecified atom stereocenters. The zero-order chi connectivity index (χ0) is 18.1. The van der Waals surface area contributed by atoms with E-state index in [1.807, 2.05) is 48.8 Å². The first-order chi connectivity index (χ1) is 12.5. The number of fused-ring (bicyclic) bond motifs is 4. The Morgan fingerprint density at radius 3 is 2.65 bits per heavy atom. The topological polar surface area (TPSA) is 51.0 Å². The molecule has 5 nitrogen and oxygen atoms in total. The predicted octanol–water partition coefficient (Wildman–Crippen LogP) is 3.63. The molecule has 0 bridgehead atoms. The molecule has 26 heavy (non-hydrogen) atoms.